The van der Waals surface area contributed by atoms with Crippen LogP contribution in [0.25, 0.3) is 0 Å². The molecule has 0 spiro atoms. The van der Waals surface area contributed by atoms with Gasteiger partial charge in [-0.25, -0.2) is 13.1 Å². The lowest BCUT2D eigenvalue weighted by molar-refractivity contribution is 0.482. The van der Waals surface area contributed by atoms with Gasteiger partial charge in [-0.3, -0.25) is 0 Å². The maximum atomic E-state index is 12.4. The molecule has 5 heteroatoms. The van der Waals surface area contributed by atoms with Gasteiger partial charge >= 0.3 is 0 Å². The molecule has 3 aromatic carbocycles. The third kappa shape index (κ3) is 4.68. The summed E-state index contributed by atoms with van der Waals surface area (Å²) in [5, 5.41) is 0. The molecular formula is C20H19NO3S. The molecule has 0 aromatic heterocycles. The second-order valence-electron chi connectivity index (χ2n) is 5.70. The predicted molar refractivity (Wildman–Crippen MR) is 98.2 cm³/mol. The van der Waals surface area contributed by atoms with Gasteiger partial charge in [0.2, 0.25) is 10.0 Å². The monoisotopic (exact) mass is 353 g/mol. The summed E-state index contributed by atoms with van der Waals surface area (Å²) in [6.45, 7) is 2.25. The zero-order valence-corrected chi connectivity index (χ0v) is 14.7. The predicted octanol–water partition coefficient (Wildman–Crippen LogP) is 4.27. The lowest BCUT2D eigenvalue weighted by Crippen LogP contribution is -2.23. The van der Waals surface area contributed by atoms with Gasteiger partial charge in [0.15, 0.2) is 0 Å². The zero-order valence-electron chi connectivity index (χ0n) is 13.8. The SMILES string of the molecule is Cc1ccc(CNS(=O)(=O)c2ccc(Oc3ccccc3)cc2)cc1. The van der Waals surface area contributed by atoms with Crippen molar-refractivity contribution in [1.29, 1.82) is 0 Å². The van der Waals surface area contributed by atoms with Crippen LogP contribution in [0, 0.1) is 6.92 Å². The Morgan fingerprint density at radius 3 is 2.04 bits per heavy atom. The van der Waals surface area contributed by atoms with Crippen LogP contribution in [0.1, 0.15) is 11.1 Å². The van der Waals surface area contributed by atoms with Crippen molar-refractivity contribution < 1.29 is 13.2 Å². The number of para-hydroxylation sites is 1. The molecule has 0 radical (unpaired) electrons. The first-order valence-corrected chi connectivity index (χ1v) is 9.39. The van der Waals surface area contributed by atoms with Gasteiger partial charge in [0.25, 0.3) is 0 Å². The van der Waals surface area contributed by atoms with Crippen molar-refractivity contribution in [1.82, 2.24) is 4.72 Å². The van der Waals surface area contributed by atoms with E-state index in [2.05, 4.69) is 4.72 Å². The molecule has 3 aromatic rings. The summed E-state index contributed by atoms with van der Waals surface area (Å²) < 4.78 is 33.1. The summed E-state index contributed by atoms with van der Waals surface area (Å²) >= 11 is 0. The summed E-state index contributed by atoms with van der Waals surface area (Å²) in [6, 6.07) is 23.4. The first-order chi connectivity index (χ1) is 12.0. The van der Waals surface area contributed by atoms with Crippen molar-refractivity contribution in [3.8, 4) is 11.5 Å². The standard InChI is InChI=1S/C20H19NO3S/c1-16-7-9-17(10-8-16)15-21-25(22,23)20-13-11-19(12-14-20)24-18-5-3-2-4-6-18/h2-14,21H,15H2,1H3. The molecule has 0 aliphatic heterocycles. The second kappa shape index (κ2) is 7.51. The molecule has 0 aliphatic rings. The van der Waals surface area contributed by atoms with Crippen LogP contribution < -0.4 is 9.46 Å². The van der Waals surface area contributed by atoms with Gasteiger partial charge < -0.3 is 4.74 Å². The normalized spacial score (nSPS) is 11.2. The van der Waals surface area contributed by atoms with Crippen LogP contribution in [-0.2, 0) is 16.6 Å². The van der Waals surface area contributed by atoms with Gasteiger partial charge in [-0.2, -0.15) is 0 Å². The van der Waals surface area contributed by atoms with Crippen LogP contribution >= 0.6 is 0 Å². The summed E-state index contributed by atoms with van der Waals surface area (Å²) in [5.74, 6) is 1.29. The van der Waals surface area contributed by atoms with Gasteiger partial charge in [-0.15, -0.1) is 0 Å². The fraction of sp³-hybridized carbons (Fsp3) is 0.100. The summed E-state index contributed by atoms with van der Waals surface area (Å²) in [5.41, 5.74) is 2.05. The first kappa shape index (κ1) is 17.2. The van der Waals surface area contributed by atoms with Gasteiger partial charge in [0, 0.05) is 6.54 Å². The highest BCUT2D eigenvalue weighted by molar-refractivity contribution is 7.89. The van der Waals surface area contributed by atoms with Crippen molar-refractivity contribution in [3.05, 3.63) is 90.0 Å². The number of hydrogen-bond donors (Lipinski definition) is 1. The first-order valence-electron chi connectivity index (χ1n) is 7.91. The second-order valence-corrected chi connectivity index (χ2v) is 7.46. The van der Waals surface area contributed by atoms with Gasteiger partial charge in [0.1, 0.15) is 11.5 Å². The third-order valence-corrected chi connectivity index (χ3v) is 5.12. The molecule has 25 heavy (non-hydrogen) atoms. The number of hydrogen-bond acceptors (Lipinski definition) is 3. The Morgan fingerprint density at radius 2 is 1.40 bits per heavy atom. The lowest BCUT2D eigenvalue weighted by Gasteiger charge is -2.09. The van der Waals surface area contributed by atoms with E-state index in [0.29, 0.717) is 11.5 Å². The quantitative estimate of drug-likeness (QED) is 0.720. The maximum absolute atomic E-state index is 12.4. The summed E-state index contributed by atoms with van der Waals surface area (Å²) in [4.78, 5) is 0.208. The smallest absolute Gasteiger partial charge is 0.240 e. The third-order valence-electron chi connectivity index (χ3n) is 3.70. The minimum atomic E-state index is -3.56. The van der Waals surface area contributed by atoms with Crippen LogP contribution in [0.2, 0.25) is 0 Å². The molecular weight excluding hydrogens is 334 g/mol. The summed E-state index contributed by atoms with van der Waals surface area (Å²) in [6.07, 6.45) is 0. The van der Waals surface area contributed by atoms with Crippen molar-refractivity contribution in [2.75, 3.05) is 0 Å². The van der Waals surface area contributed by atoms with Crippen LogP contribution in [-0.4, -0.2) is 8.42 Å². The van der Waals surface area contributed by atoms with E-state index < -0.39 is 10.0 Å². The van der Waals surface area contributed by atoms with E-state index in [4.69, 9.17) is 4.74 Å². The average molecular weight is 353 g/mol. The lowest BCUT2D eigenvalue weighted by atomic mass is 10.2. The van der Waals surface area contributed by atoms with E-state index in [-0.39, 0.29) is 11.4 Å². The molecule has 0 bridgehead atoms. The Hall–Kier alpha value is -2.63. The highest BCUT2D eigenvalue weighted by atomic mass is 32.2. The van der Waals surface area contributed by atoms with E-state index in [1.54, 1.807) is 12.1 Å². The molecule has 0 atom stereocenters. The minimum Gasteiger partial charge on any atom is -0.457 e. The maximum Gasteiger partial charge on any atom is 0.240 e. The van der Waals surface area contributed by atoms with Crippen LogP contribution in [0.4, 0.5) is 0 Å². The largest absolute Gasteiger partial charge is 0.457 e. The number of rotatable bonds is 6. The van der Waals surface area contributed by atoms with E-state index in [0.717, 1.165) is 11.1 Å². The van der Waals surface area contributed by atoms with Crippen molar-refractivity contribution in [2.24, 2.45) is 0 Å². The zero-order chi connectivity index (χ0) is 17.7. The van der Waals surface area contributed by atoms with Crippen molar-refractivity contribution in [2.45, 2.75) is 18.4 Å². The molecule has 0 heterocycles. The molecule has 0 aliphatic carbocycles. The Morgan fingerprint density at radius 1 is 0.800 bits per heavy atom. The Kier molecular flexibility index (Phi) is 5.16. The van der Waals surface area contributed by atoms with Gasteiger partial charge in [-0.1, -0.05) is 48.0 Å². The van der Waals surface area contributed by atoms with Crippen LogP contribution in [0.15, 0.2) is 83.8 Å². The number of ether oxygens (including phenoxy) is 1. The average Bonchev–Trinajstić information content (AvgIpc) is 2.63. The highest BCUT2D eigenvalue weighted by Crippen LogP contribution is 2.22. The van der Waals surface area contributed by atoms with Gasteiger partial charge in [0.05, 0.1) is 4.90 Å². The number of benzene rings is 3. The molecule has 0 amide bonds. The van der Waals surface area contributed by atoms with Gasteiger partial charge in [-0.05, 0) is 48.9 Å². The van der Waals surface area contributed by atoms with Crippen LogP contribution in [0.5, 0.6) is 11.5 Å². The molecule has 0 saturated carbocycles. The van der Waals surface area contributed by atoms with Crippen LogP contribution in [0.3, 0.4) is 0 Å². The highest BCUT2D eigenvalue weighted by Gasteiger charge is 2.13. The van der Waals surface area contributed by atoms with Crippen molar-refractivity contribution in [3.63, 3.8) is 0 Å². The Labute approximate surface area is 148 Å². The van der Waals surface area contributed by atoms with E-state index in [9.17, 15) is 8.42 Å². The van der Waals surface area contributed by atoms with Crippen molar-refractivity contribution >= 4 is 10.0 Å². The fourth-order valence-corrected chi connectivity index (χ4v) is 3.30. The fourth-order valence-electron chi connectivity index (χ4n) is 2.28. The minimum absolute atomic E-state index is 0.208. The number of sulfonamides is 1. The number of aryl methyl sites for hydroxylation is 1. The van der Waals surface area contributed by atoms with E-state index >= 15 is 0 Å². The molecule has 0 unspecified atom stereocenters. The molecule has 3 rings (SSSR count). The van der Waals surface area contributed by atoms with E-state index in [1.165, 1.54) is 12.1 Å². The molecule has 128 valence electrons. The topological polar surface area (TPSA) is 55.4 Å². The number of nitrogens with one attached hydrogen (secondary N) is 1. The Bertz CT molecular complexity index is 919. The Balaban J connectivity index is 1.66. The van der Waals surface area contributed by atoms with E-state index in [1.807, 2.05) is 61.5 Å². The molecule has 1 N–H and O–H groups in total. The summed E-state index contributed by atoms with van der Waals surface area (Å²) in [7, 11) is -3.56. The molecule has 4 nitrogen and oxygen atoms in total. The molecule has 0 saturated heterocycles. The molecule has 0 fully saturated rings.